The molecule has 0 aromatic rings. The van der Waals surface area contributed by atoms with Gasteiger partial charge in [0.05, 0.1) is 33.0 Å². The molecule has 1 rings (SSSR count). The predicted octanol–water partition coefficient (Wildman–Crippen LogP) is 3.33. The first kappa shape index (κ1) is 23.8. The van der Waals surface area contributed by atoms with E-state index in [1.165, 1.54) is 0 Å². The van der Waals surface area contributed by atoms with Crippen LogP contribution in [0.15, 0.2) is 12.2 Å². The van der Waals surface area contributed by atoms with Crippen molar-refractivity contribution in [2.24, 2.45) is 11.8 Å². The summed E-state index contributed by atoms with van der Waals surface area (Å²) in [6, 6.07) is 0. The number of esters is 1. The summed E-state index contributed by atoms with van der Waals surface area (Å²) >= 11 is 0. The molecule has 0 aliphatic heterocycles. The van der Waals surface area contributed by atoms with E-state index in [1.54, 1.807) is 0 Å². The van der Waals surface area contributed by atoms with Gasteiger partial charge in [0.25, 0.3) is 0 Å². The Morgan fingerprint density at radius 3 is 2.22 bits per heavy atom. The quantitative estimate of drug-likeness (QED) is 0.231. The molecule has 0 amide bonds. The van der Waals surface area contributed by atoms with E-state index in [2.05, 4.69) is 26.0 Å². The number of carbonyl (C=O) groups excluding carboxylic acids is 2. The standard InChI is InChI=1S/C21H36O6/c1-3-5-6-7-19-18(8-9-20(19)22)17-21(23)27-16-15-26-14-13-25-12-11-24-10-4-2/h5-6,18-19H,3-4,7-17H2,1-2H3/b6-5-. The third-order valence-electron chi connectivity index (χ3n) is 4.55. The van der Waals surface area contributed by atoms with Gasteiger partial charge in [0.15, 0.2) is 0 Å². The Morgan fingerprint density at radius 1 is 0.963 bits per heavy atom. The topological polar surface area (TPSA) is 71.1 Å². The minimum absolute atomic E-state index is 0.0324. The van der Waals surface area contributed by atoms with Gasteiger partial charge in [-0.1, -0.05) is 26.0 Å². The molecule has 0 aromatic carbocycles. The molecule has 27 heavy (non-hydrogen) atoms. The summed E-state index contributed by atoms with van der Waals surface area (Å²) in [5.41, 5.74) is 0. The second-order valence-electron chi connectivity index (χ2n) is 6.75. The van der Waals surface area contributed by atoms with Crippen molar-refractivity contribution < 1.29 is 28.5 Å². The fraction of sp³-hybridized carbons (Fsp3) is 0.810. The highest BCUT2D eigenvalue weighted by molar-refractivity contribution is 5.84. The molecule has 2 atom stereocenters. The fourth-order valence-corrected chi connectivity index (χ4v) is 3.13. The fourth-order valence-electron chi connectivity index (χ4n) is 3.13. The maximum atomic E-state index is 12.0. The lowest BCUT2D eigenvalue weighted by Crippen LogP contribution is -2.20. The molecule has 1 saturated carbocycles. The average Bonchev–Trinajstić information content (AvgIpc) is 2.99. The Hall–Kier alpha value is -1.24. The number of hydrogen-bond acceptors (Lipinski definition) is 6. The van der Waals surface area contributed by atoms with Gasteiger partial charge in [0, 0.05) is 25.4 Å². The maximum Gasteiger partial charge on any atom is 0.306 e. The number of Topliss-reactive ketones (excluding diaryl/α,β-unsaturated/α-hetero) is 1. The van der Waals surface area contributed by atoms with Crippen molar-refractivity contribution in [2.45, 2.75) is 52.4 Å². The molecule has 0 saturated heterocycles. The number of ether oxygens (including phenoxy) is 4. The molecular formula is C21H36O6. The minimum Gasteiger partial charge on any atom is -0.463 e. The van der Waals surface area contributed by atoms with Crippen molar-refractivity contribution in [2.75, 3.05) is 46.2 Å². The van der Waals surface area contributed by atoms with Crippen LogP contribution in [0.2, 0.25) is 0 Å². The Bertz CT molecular complexity index is 434. The first-order chi connectivity index (χ1) is 13.2. The van der Waals surface area contributed by atoms with Crippen molar-refractivity contribution in [3.05, 3.63) is 12.2 Å². The van der Waals surface area contributed by atoms with Crippen LogP contribution in [0.1, 0.15) is 52.4 Å². The molecule has 0 N–H and O–H groups in total. The van der Waals surface area contributed by atoms with Gasteiger partial charge in [0.1, 0.15) is 12.4 Å². The Balaban J connectivity index is 2.03. The molecule has 0 spiro atoms. The van der Waals surface area contributed by atoms with Gasteiger partial charge in [-0.25, -0.2) is 0 Å². The van der Waals surface area contributed by atoms with E-state index in [0.29, 0.717) is 45.9 Å². The Morgan fingerprint density at radius 2 is 1.59 bits per heavy atom. The van der Waals surface area contributed by atoms with Crippen LogP contribution in [-0.4, -0.2) is 58.0 Å². The van der Waals surface area contributed by atoms with E-state index in [0.717, 1.165) is 32.3 Å². The van der Waals surface area contributed by atoms with Crippen molar-refractivity contribution in [1.29, 1.82) is 0 Å². The Labute approximate surface area is 163 Å². The van der Waals surface area contributed by atoms with E-state index in [1.807, 2.05) is 0 Å². The highest BCUT2D eigenvalue weighted by Crippen LogP contribution is 2.34. The predicted molar refractivity (Wildman–Crippen MR) is 104 cm³/mol. The first-order valence-corrected chi connectivity index (χ1v) is 10.3. The van der Waals surface area contributed by atoms with E-state index in [-0.39, 0.29) is 30.2 Å². The van der Waals surface area contributed by atoms with E-state index >= 15 is 0 Å². The number of hydrogen-bond donors (Lipinski definition) is 0. The van der Waals surface area contributed by atoms with E-state index in [4.69, 9.17) is 18.9 Å². The van der Waals surface area contributed by atoms with Crippen molar-refractivity contribution >= 4 is 11.8 Å². The number of allylic oxidation sites excluding steroid dienone is 2. The van der Waals surface area contributed by atoms with Gasteiger partial charge in [-0.05, 0) is 31.6 Å². The third kappa shape index (κ3) is 11.3. The number of rotatable bonds is 16. The summed E-state index contributed by atoms with van der Waals surface area (Å²) in [6.07, 6.45) is 8.51. The highest BCUT2D eigenvalue weighted by Gasteiger charge is 2.35. The zero-order valence-electron chi connectivity index (χ0n) is 17.0. The van der Waals surface area contributed by atoms with Gasteiger partial charge < -0.3 is 18.9 Å². The lowest BCUT2D eigenvalue weighted by Gasteiger charge is -2.16. The molecular weight excluding hydrogens is 348 g/mol. The first-order valence-electron chi connectivity index (χ1n) is 10.3. The zero-order valence-corrected chi connectivity index (χ0v) is 17.0. The molecule has 6 nitrogen and oxygen atoms in total. The van der Waals surface area contributed by atoms with Crippen LogP contribution in [0.25, 0.3) is 0 Å². The summed E-state index contributed by atoms with van der Waals surface area (Å²) in [6.45, 7) is 7.62. The third-order valence-corrected chi connectivity index (χ3v) is 4.55. The van der Waals surface area contributed by atoms with E-state index in [9.17, 15) is 9.59 Å². The summed E-state index contributed by atoms with van der Waals surface area (Å²) in [7, 11) is 0. The van der Waals surface area contributed by atoms with Crippen LogP contribution in [0.5, 0.6) is 0 Å². The molecule has 0 aromatic heterocycles. The van der Waals surface area contributed by atoms with Crippen molar-refractivity contribution in [3.63, 3.8) is 0 Å². The van der Waals surface area contributed by atoms with Crippen LogP contribution >= 0.6 is 0 Å². The molecule has 0 heterocycles. The summed E-state index contributed by atoms with van der Waals surface area (Å²) < 4.78 is 21.3. The molecule has 1 aliphatic carbocycles. The average molecular weight is 385 g/mol. The normalized spacial score (nSPS) is 19.9. The van der Waals surface area contributed by atoms with Gasteiger partial charge in [0.2, 0.25) is 0 Å². The summed E-state index contributed by atoms with van der Waals surface area (Å²) in [5, 5.41) is 0. The molecule has 0 radical (unpaired) electrons. The Kier molecular flexibility index (Phi) is 13.9. The second-order valence-corrected chi connectivity index (χ2v) is 6.75. The molecule has 1 fully saturated rings. The van der Waals surface area contributed by atoms with Gasteiger partial charge in [-0.3, -0.25) is 9.59 Å². The number of carbonyl (C=O) groups is 2. The van der Waals surface area contributed by atoms with Crippen LogP contribution < -0.4 is 0 Å². The molecule has 2 unspecified atom stereocenters. The lowest BCUT2D eigenvalue weighted by molar-refractivity contribution is -0.146. The van der Waals surface area contributed by atoms with Crippen molar-refractivity contribution in [3.8, 4) is 0 Å². The highest BCUT2D eigenvalue weighted by atomic mass is 16.6. The zero-order chi connectivity index (χ0) is 19.7. The molecule has 1 aliphatic rings. The van der Waals surface area contributed by atoms with E-state index < -0.39 is 0 Å². The summed E-state index contributed by atoms with van der Waals surface area (Å²) in [4.78, 5) is 24.0. The SMILES string of the molecule is CC/C=C\CC1C(=O)CCC1CC(=O)OCCOCCOCCOCCC. The lowest BCUT2D eigenvalue weighted by atomic mass is 9.89. The van der Waals surface area contributed by atoms with Crippen molar-refractivity contribution in [1.82, 2.24) is 0 Å². The van der Waals surface area contributed by atoms with Gasteiger partial charge in [-0.15, -0.1) is 0 Å². The second kappa shape index (κ2) is 15.8. The monoisotopic (exact) mass is 384 g/mol. The summed E-state index contributed by atoms with van der Waals surface area (Å²) in [5.74, 6) is 0.106. The van der Waals surface area contributed by atoms with Crippen LogP contribution in [0, 0.1) is 11.8 Å². The largest absolute Gasteiger partial charge is 0.463 e. The van der Waals surface area contributed by atoms with Gasteiger partial charge in [-0.2, -0.15) is 0 Å². The van der Waals surface area contributed by atoms with Crippen LogP contribution in [-0.2, 0) is 28.5 Å². The molecule has 6 heteroatoms. The molecule has 0 bridgehead atoms. The number of ketones is 1. The van der Waals surface area contributed by atoms with Crippen LogP contribution in [0.4, 0.5) is 0 Å². The smallest absolute Gasteiger partial charge is 0.306 e. The molecule has 156 valence electrons. The maximum absolute atomic E-state index is 12.0. The van der Waals surface area contributed by atoms with Crippen LogP contribution in [0.3, 0.4) is 0 Å². The van der Waals surface area contributed by atoms with Gasteiger partial charge >= 0.3 is 5.97 Å². The minimum atomic E-state index is -0.243.